The third kappa shape index (κ3) is 5.19. The van der Waals surface area contributed by atoms with Crippen LogP contribution >= 0.6 is 0 Å². The molecule has 0 spiro atoms. The van der Waals surface area contributed by atoms with E-state index in [1.807, 2.05) is 6.08 Å². The summed E-state index contributed by atoms with van der Waals surface area (Å²) in [6, 6.07) is 0. The van der Waals surface area contributed by atoms with Gasteiger partial charge in [-0.1, -0.05) is 26.8 Å². The van der Waals surface area contributed by atoms with Gasteiger partial charge in [0.05, 0.1) is 11.2 Å². The predicted octanol–water partition coefficient (Wildman–Crippen LogP) is 5.29. The fourth-order valence-electron chi connectivity index (χ4n) is 2.32. The lowest BCUT2D eigenvalue weighted by atomic mass is 9.76. The molecule has 1 aliphatic heterocycles. The van der Waals surface area contributed by atoms with Gasteiger partial charge >= 0.3 is 7.12 Å². The molecule has 0 aromatic heterocycles. The number of allylic oxidation sites excluding steroid dienone is 1. The second-order valence-electron chi connectivity index (χ2n) is 9.31. The summed E-state index contributed by atoms with van der Waals surface area (Å²) >= 11 is 0. The lowest BCUT2D eigenvalue weighted by Crippen LogP contribution is -2.41. The Labute approximate surface area is 145 Å². The highest BCUT2D eigenvalue weighted by molar-refractivity contribution is 6.74. The van der Waals surface area contributed by atoms with Gasteiger partial charge in [0.25, 0.3) is 0 Å². The van der Waals surface area contributed by atoms with Crippen molar-refractivity contribution in [1.82, 2.24) is 0 Å². The van der Waals surface area contributed by atoms with Gasteiger partial charge in [0, 0.05) is 6.61 Å². The summed E-state index contributed by atoms with van der Waals surface area (Å²) in [5.74, 6) is 0.356. The van der Waals surface area contributed by atoms with Crippen molar-refractivity contribution in [3.63, 3.8) is 0 Å². The zero-order valence-corrected chi connectivity index (χ0v) is 17.8. The van der Waals surface area contributed by atoms with Gasteiger partial charge in [-0.25, -0.2) is 0 Å². The summed E-state index contributed by atoms with van der Waals surface area (Å²) in [5.41, 5.74) is -0.526. The minimum absolute atomic E-state index is 0.157. The molecule has 1 saturated heterocycles. The molecule has 0 bridgehead atoms. The van der Waals surface area contributed by atoms with E-state index in [4.69, 9.17) is 13.7 Å². The van der Waals surface area contributed by atoms with Crippen molar-refractivity contribution >= 4 is 15.4 Å². The molecule has 1 aliphatic rings. The molecule has 0 aromatic rings. The van der Waals surface area contributed by atoms with Crippen LogP contribution in [0.5, 0.6) is 0 Å². The second-order valence-corrected chi connectivity index (χ2v) is 14.1. The SMILES string of the molecule is C=CC(CCO[Si](C)(C)C(C)(C)C)CB1OC(C)(C)C(C)(C)O1. The predicted molar refractivity (Wildman–Crippen MR) is 102 cm³/mol. The molecule has 1 fully saturated rings. The van der Waals surface area contributed by atoms with Crippen LogP contribution in [0.15, 0.2) is 12.7 Å². The van der Waals surface area contributed by atoms with Gasteiger partial charge < -0.3 is 13.7 Å². The first kappa shape index (κ1) is 20.9. The van der Waals surface area contributed by atoms with Crippen LogP contribution in [-0.4, -0.2) is 33.2 Å². The smallest absolute Gasteiger partial charge is 0.417 e. The van der Waals surface area contributed by atoms with E-state index < -0.39 is 8.32 Å². The van der Waals surface area contributed by atoms with Crippen LogP contribution in [0.25, 0.3) is 0 Å². The summed E-state index contributed by atoms with van der Waals surface area (Å²) in [6.45, 7) is 24.6. The maximum atomic E-state index is 6.28. The third-order valence-corrected chi connectivity index (χ3v) is 10.4. The van der Waals surface area contributed by atoms with Gasteiger partial charge in [-0.3, -0.25) is 0 Å². The van der Waals surface area contributed by atoms with Gasteiger partial charge in [-0.05, 0) is 64.5 Å². The van der Waals surface area contributed by atoms with E-state index in [-0.39, 0.29) is 23.4 Å². The van der Waals surface area contributed by atoms with Gasteiger partial charge in [0.2, 0.25) is 0 Å². The van der Waals surface area contributed by atoms with E-state index >= 15 is 0 Å². The minimum atomic E-state index is -1.67. The Bertz CT molecular complexity index is 397. The Hall–Kier alpha value is -0.0982. The summed E-state index contributed by atoms with van der Waals surface area (Å²) in [4.78, 5) is 0. The minimum Gasteiger partial charge on any atom is -0.417 e. The average molecular weight is 340 g/mol. The van der Waals surface area contributed by atoms with E-state index in [0.717, 1.165) is 19.3 Å². The van der Waals surface area contributed by atoms with Crippen LogP contribution in [0.4, 0.5) is 0 Å². The van der Waals surface area contributed by atoms with Gasteiger partial charge in [0.1, 0.15) is 0 Å². The quantitative estimate of drug-likeness (QED) is 0.465. The van der Waals surface area contributed by atoms with Crippen LogP contribution in [0, 0.1) is 5.92 Å². The van der Waals surface area contributed by atoms with E-state index in [1.165, 1.54) is 0 Å². The average Bonchev–Trinajstić information content (AvgIpc) is 2.54. The second kappa shape index (κ2) is 7.03. The largest absolute Gasteiger partial charge is 0.458 e. The van der Waals surface area contributed by atoms with Crippen LogP contribution in [0.3, 0.4) is 0 Å². The highest BCUT2D eigenvalue weighted by Gasteiger charge is 2.51. The molecule has 0 N–H and O–H groups in total. The van der Waals surface area contributed by atoms with Crippen molar-refractivity contribution in [1.29, 1.82) is 0 Å². The molecule has 134 valence electrons. The van der Waals surface area contributed by atoms with Crippen LogP contribution in [-0.2, 0) is 13.7 Å². The Morgan fingerprint density at radius 2 is 1.61 bits per heavy atom. The van der Waals surface area contributed by atoms with E-state index in [1.54, 1.807) is 0 Å². The topological polar surface area (TPSA) is 27.7 Å². The first-order chi connectivity index (χ1) is 10.2. The van der Waals surface area contributed by atoms with Crippen LogP contribution in [0.1, 0.15) is 54.9 Å². The van der Waals surface area contributed by atoms with Crippen LogP contribution < -0.4 is 0 Å². The Balaban J connectivity index is 2.50. The first-order valence-electron chi connectivity index (χ1n) is 8.84. The standard InChI is InChI=1S/C18H37BO3Si/c1-11-15(12-13-20-23(9,10)16(2,3)4)14-19-21-17(5,6)18(7,8)22-19/h11,15H,1,12-14H2,2-10H3. The molecule has 0 saturated carbocycles. The summed E-state index contributed by atoms with van der Waals surface area (Å²) in [5, 5.41) is 0.252. The van der Waals surface area contributed by atoms with Crippen LogP contribution in [0.2, 0.25) is 24.5 Å². The zero-order valence-electron chi connectivity index (χ0n) is 16.8. The first-order valence-corrected chi connectivity index (χ1v) is 11.7. The van der Waals surface area contributed by atoms with Gasteiger partial charge in [-0.15, -0.1) is 6.58 Å². The molecule has 23 heavy (non-hydrogen) atoms. The molecular weight excluding hydrogens is 303 g/mol. The van der Waals surface area contributed by atoms with E-state index in [0.29, 0.717) is 5.92 Å². The molecule has 0 aliphatic carbocycles. The Morgan fingerprint density at radius 1 is 1.13 bits per heavy atom. The van der Waals surface area contributed by atoms with Crippen molar-refractivity contribution in [2.24, 2.45) is 5.92 Å². The van der Waals surface area contributed by atoms with E-state index in [9.17, 15) is 0 Å². The summed E-state index contributed by atoms with van der Waals surface area (Å²) in [7, 11) is -1.83. The zero-order chi connectivity index (χ0) is 18.1. The molecule has 1 unspecified atom stereocenters. The van der Waals surface area contributed by atoms with E-state index in [2.05, 4.69) is 68.1 Å². The molecule has 1 rings (SSSR count). The third-order valence-electron chi connectivity index (χ3n) is 5.89. The molecule has 5 heteroatoms. The molecule has 1 heterocycles. The van der Waals surface area contributed by atoms with Crippen molar-refractivity contribution in [2.75, 3.05) is 6.61 Å². The lowest BCUT2D eigenvalue weighted by molar-refractivity contribution is 0.00578. The lowest BCUT2D eigenvalue weighted by Gasteiger charge is -2.36. The maximum absolute atomic E-state index is 6.28. The number of rotatable bonds is 7. The van der Waals surface area contributed by atoms with Crippen molar-refractivity contribution in [3.05, 3.63) is 12.7 Å². The molecular formula is C18H37BO3Si. The maximum Gasteiger partial charge on any atom is 0.458 e. The monoisotopic (exact) mass is 340 g/mol. The molecule has 0 amide bonds. The highest BCUT2D eigenvalue weighted by atomic mass is 28.4. The van der Waals surface area contributed by atoms with Crippen molar-refractivity contribution in [3.8, 4) is 0 Å². The fourth-order valence-corrected chi connectivity index (χ4v) is 3.38. The highest BCUT2D eigenvalue weighted by Crippen LogP contribution is 2.39. The normalized spacial score (nSPS) is 22.2. The fraction of sp³-hybridized carbons (Fsp3) is 0.889. The molecule has 0 aromatic carbocycles. The molecule has 0 radical (unpaired) electrons. The molecule has 3 nitrogen and oxygen atoms in total. The van der Waals surface area contributed by atoms with Gasteiger partial charge in [0.15, 0.2) is 8.32 Å². The van der Waals surface area contributed by atoms with Crippen molar-refractivity contribution < 1.29 is 13.7 Å². The molecule has 1 atom stereocenters. The van der Waals surface area contributed by atoms with Gasteiger partial charge in [-0.2, -0.15) is 0 Å². The number of hydrogen-bond acceptors (Lipinski definition) is 3. The summed E-state index contributed by atoms with van der Waals surface area (Å²) < 4.78 is 18.5. The Kier molecular flexibility index (Phi) is 6.40. The summed E-state index contributed by atoms with van der Waals surface area (Å²) in [6.07, 6.45) is 3.83. The number of hydrogen-bond donors (Lipinski definition) is 0. The van der Waals surface area contributed by atoms with Crippen molar-refractivity contribution in [2.45, 2.75) is 90.5 Å². The Morgan fingerprint density at radius 3 is 2.00 bits per heavy atom.